The molecule has 2 aromatic heterocycles. The molecule has 9 aromatic carbocycles. The normalized spacial score (nSPS) is 12.2. The Balaban J connectivity index is 1.11. The molecule has 0 saturated carbocycles. The van der Waals surface area contributed by atoms with E-state index in [0.29, 0.717) is 0 Å². The molecule has 0 bridgehead atoms. The quantitative estimate of drug-likeness (QED) is 0.179. The molecule has 0 unspecified atom stereocenters. The Kier molecular flexibility index (Phi) is 5.53. The highest BCUT2D eigenvalue weighted by molar-refractivity contribution is 6.20. The molecule has 52 heavy (non-hydrogen) atoms. The summed E-state index contributed by atoms with van der Waals surface area (Å²) < 4.78 is 4.93. The first kappa shape index (κ1) is 27.9. The summed E-state index contributed by atoms with van der Waals surface area (Å²) >= 11 is 0. The van der Waals surface area contributed by atoms with E-state index in [0.717, 1.165) is 0 Å². The van der Waals surface area contributed by atoms with Gasteiger partial charge in [-0.25, -0.2) is 0 Å². The molecular weight excluding hydrogens is 629 g/mol. The van der Waals surface area contributed by atoms with E-state index in [2.05, 4.69) is 191 Å². The fourth-order valence-electron chi connectivity index (χ4n) is 9.20. The molecular formula is C50H30N2. The highest BCUT2D eigenvalue weighted by Crippen LogP contribution is 2.49. The zero-order chi connectivity index (χ0) is 33.9. The van der Waals surface area contributed by atoms with Crippen molar-refractivity contribution in [3.8, 4) is 44.8 Å². The lowest BCUT2D eigenvalue weighted by atomic mass is 10.00. The van der Waals surface area contributed by atoms with Gasteiger partial charge in [0.1, 0.15) is 0 Å². The van der Waals surface area contributed by atoms with Gasteiger partial charge in [0.15, 0.2) is 0 Å². The van der Waals surface area contributed by atoms with Gasteiger partial charge >= 0.3 is 0 Å². The minimum absolute atomic E-state index is 1.17. The van der Waals surface area contributed by atoms with E-state index in [-0.39, 0.29) is 0 Å². The van der Waals surface area contributed by atoms with E-state index in [9.17, 15) is 0 Å². The molecule has 12 rings (SSSR count). The molecule has 0 fully saturated rings. The number of fused-ring (bicyclic) bond motifs is 11. The van der Waals surface area contributed by atoms with Gasteiger partial charge in [-0.3, -0.25) is 0 Å². The second-order valence-corrected chi connectivity index (χ2v) is 14.1. The molecule has 240 valence electrons. The summed E-state index contributed by atoms with van der Waals surface area (Å²) in [5.74, 6) is 0. The molecule has 1 aliphatic carbocycles. The smallest absolute Gasteiger partial charge is 0.0619 e. The van der Waals surface area contributed by atoms with Crippen molar-refractivity contribution in [3.63, 3.8) is 0 Å². The third-order valence-corrected chi connectivity index (χ3v) is 11.4. The van der Waals surface area contributed by atoms with Crippen LogP contribution in [0.25, 0.3) is 110 Å². The predicted molar refractivity (Wildman–Crippen MR) is 220 cm³/mol. The van der Waals surface area contributed by atoms with Crippen LogP contribution in [0.4, 0.5) is 0 Å². The molecule has 2 heterocycles. The summed E-state index contributed by atoms with van der Waals surface area (Å²) in [6.07, 6.45) is 0. The Labute approximate surface area is 300 Å². The molecule has 11 aromatic rings. The Morgan fingerprint density at radius 1 is 0.308 bits per heavy atom. The van der Waals surface area contributed by atoms with Gasteiger partial charge in [-0.05, 0) is 86.6 Å². The van der Waals surface area contributed by atoms with E-state index in [1.165, 1.54) is 110 Å². The van der Waals surface area contributed by atoms with Crippen molar-refractivity contribution < 1.29 is 0 Å². The van der Waals surface area contributed by atoms with Gasteiger partial charge in [0, 0.05) is 38.0 Å². The zero-order valence-electron chi connectivity index (χ0n) is 28.2. The molecule has 1 aliphatic rings. The van der Waals surface area contributed by atoms with Crippen LogP contribution in [-0.4, -0.2) is 9.13 Å². The van der Waals surface area contributed by atoms with E-state index in [4.69, 9.17) is 0 Å². The average molecular weight is 659 g/mol. The van der Waals surface area contributed by atoms with Gasteiger partial charge < -0.3 is 9.13 Å². The second-order valence-electron chi connectivity index (χ2n) is 14.1. The standard InChI is InChI=1S/C50H30N2/c1-2-12-34(13-3-1)51-47-27-23-32(29-44(47)42-25-21-31-11-4-5-14-35(31)50(42)51)33-22-24-39-38-17-8-9-20-45(38)52(48(39)30-33)46-28-26-41-37-16-7-6-15-36(37)40-18-10-19-43(46)49(40)41/h1-30H. The molecule has 0 N–H and O–H groups in total. The maximum atomic E-state index is 2.49. The second kappa shape index (κ2) is 10.3. The summed E-state index contributed by atoms with van der Waals surface area (Å²) in [7, 11) is 0. The summed E-state index contributed by atoms with van der Waals surface area (Å²) in [5.41, 5.74) is 15.0. The summed E-state index contributed by atoms with van der Waals surface area (Å²) in [4.78, 5) is 0. The minimum atomic E-state index is 1.17. The molecule has 0 aliphatic heterocycles. The fourth-order valence-corrected chi connectivity index (χ4v) is 9.20. The van der Waals surface area contributed by atoms with E-state index in [1.54, 1.807) is 0 Å². The Hall–Kier alpha value is -6.90. The van der Waals surface area contributed by atoms with Crippen molar-refractivity contribution in [1.82, 2.24) is 9.13 Å². The first-order chi connectivity index (χ1) is 25.8. The lowest BCUT2D eigenvalue weighted by Gasteiger charge is -2.14. The number of para-hydroxylation sites is 2. The monoisotopic (exact) mass is 658 g/mol. The Morgan fingerprint density at radius 3 is 1.83 bits per heavy atom. The van der Waals surface area contributed by atoms with Gasteiger partial charge in [0.05, 0.1) is 27.8 Å². The molecule has 0 radical (unpaired) electrons. The Bertz CT molecular complexity index is 3260. The third kappa shape index (κ3) is 3.68. The number of benzene rings is 9. The van der Waals surface area contributed by atoms with Gasteiger partial charge in [-0.1, -0.05) is 140 Å². The maximum Gasteiger partial charge on any atom is 0.0619 e. The van der Waals surface area contributed by atoms with Crippen LogP contribution in [0.2, 0.25) is 0 Å². The van der Waals surface area contributed by atoms with Gasteiger partial charge in [-0.2, -0.15) is 0 Å². The third-order valence-electron chi connectivity index (χ3n) is 11.4. The van der Waals surface area contributed by atoms with Crippen LogP contribution in [0.5, 0.6) is 0 Å². The number of hydrogen-bond acceptors (Lipinski definition) is 0. The predicted octanol–water partition coefficient (Wildman–Crippen LogP) is 13.5. The topological polar surface area (TPSA) is 9.86 Å². The summed E-state index contributed by atoms with van der Waals surface area (Å²) in [6.45, 7) is 0. The first-order valence-electron chi connectivity index (χ1n) is 18.0. The Morgan fingerprint density at radius 2 is 0.942 bits per heavy atom. The fraction of sp³-hybridized carbons (Fsp3) is 0. The number of rotatable bonds is 3. The van der Waals surface area contributed by atoms with Crippen molar-refractivity contribution in [2.24, 2.45) is 0 Å². The maximum absolute atomic E-state index is 2.49. The minimum Gasteiger partial charge on any atom is -0.309 e. The van der Waals surface area contributed by atoms with Crippen LogP contribution in [0.3, 0.4) is 0 Å². The lowest BCUT2D eigenvalue weighted by Crippen LogP contribution is -1.96. The first-order valence-corrected chi connectivity index (χ1v) is 18.0. The van der Waals surface area contributed by atoms with Gasteiger partial charge in [0.2, 0.25) is 0 Å². The highest BCUT2D eigenvalue weighted by Gasteiger charge is 2.24. The van der Waals surface area contributed by atoms with Crippen molar-refractivity contribution in [2.45, 2.75) is 0 Å². The average Bonchev–Trinajstić information content (AvgIpc) is 3.85. The van der Waals surface area contributed by atoms with Crippen molar-refractivity contribution in [1.29, 1.82) is 0 Å². The van der Waals surface area contributed by atoms with Crippen molar-refractivity contribution in [3.05, 3.63) is 182 Å². The van der Waals surface area contributed by atoms with Crippen LogP contribution < -0.4 is 0 Å². The van der Waals surface area contributed by atoms with Crippen LogP contribution >= 0.6 is 0 Å². The lowest BCUT2D eigenvalue weighted by molar-refractivity contribution is 1.19. The van der Waals surface area contributed by atoms with Crippen LogP contribution in [0.1, 0.15) is 0 Å². The van der Waals surface area contributed by atoms with Crippen molar-refractivity contribution >= 4 is 65.2 Å². The van der Waals surface area contributed by atoms with Crippen LogP contribution in [0.15, 0.2) is 182 Å². The molecule has 0 spiro atoms. The number of aromatic nitrogens is 2. The van der Waals surface area contributed by atoms with E-state index >= 15 is 0 Å². The van der Waals surface area contributed by atoms with Crippen molar-refractivity contribution in [2.75, 3.05) is 0 Å². The zero-order valence-corrected chi connectivity index (χ0v) is 28.2. The van der Waals surface area contributed by atoms with E-state index < -0.39 is 0 Å². The van der Waals surface area contributed by atoms with E-state index in [1.807, 2.05) is 0 Å². The molecule has 0 saturated heterocycles. The molecule has 0 atom stereocenters. The van der Waals surface area contributed by atoms with Gasteiger partial charge in [-0.15, -0.1) is 0 Å². The molecule has 2 heteroatoms. The van der Waals surface area contributed by atoms with Crippen LogP contribution in [-0.2, 0) is 0 Å². The summed E-state index contributed by atoms with van der Waals surface area (Å²) in [5, 5.41) is 10.2. The van der Waals surface area contributed by atoms with Gasteiger partial charge in [0.25, 0.3) is 0 Å². The summed E-state index contributed by atoms with van der Waals surface area (Å²) in [6, 6.07) is 67.2. The molecule has 2 nitrogen and oxygen atoms in total. The number of nitrogens with zero attached hydrogens (tertiary/aromatic N) is 2. The largest absolute Gasteiger partial charge is 0.309 e. The molecule has 0 amide bonds. The SMILES string of the molecule is c1ccc(-n2c3ccc(-c4ccc5c6ccccc6n(-c6ccc7c8c(cccc68)-c6ccccc6-7)c5c4)cc3c3ccc4ccccc4c32)cc1. The number of hydrogen-bond donors (Lipinski definition) is 0. The van der Waals surface area contributed by atoms with Crippen LogP contribution in [0, 0.1) is 0 Å². The highest BCUT2D eigenvalue weighted by atomic mass is 15.0.